The number of hydrogen-bond donors (Lipinski definition) is 0. The maximum atomic E-state index is 11.2. The average Bonchev–Trinajstić information content (AvgIpc) is 2.45. The average molecular weight is 181 g/mol. The molecule has 0 aromatic carbocycles. The van der Waals surface area contributed by atoms with Gasteiger partial charge in [0.1, 0.15) is 5.78 Å². The lowest BCUT2D eigenvalue weighted by Gasteiger charge is -2.06. The van der Waals surface area contributed by atoms with E-state index in [0.717, 1.165) is 32.1 Å². The van der Waals surface area contributed by atoms with Crippen LogP contribution in [-0.2, 0) is 17.6 Å². The van der Waals surface area contributed by atoms with Gasteiger partial charge in [-0.25, -0.2) is 4.98 Å². The molecule has 0 unspecified atom stereocenters. The molecule has 1 aromatic rings. The molecule has 1 aliphatic rings. The fourth-order valence-electron chi connectivity index (χ4n) is 1.53. The molecule has 0 bridgehead atoms. The van der Waals surface area contributed by atoms with Gasteiger partial charge in [-0.1, -0.05) is 0 Å². The van der Waals surface area contributed by atoms with Gasteiger partial charge in [-0.15, -0.1) is 11.3 Å². The van der Waals surface area contributed by atoms with Crippen molar-refractivity contribution >= 4 is 17.1 Å². The molecule has 3 heteroatoms. The van der Waals surface area contributed by atoms with Crippen LogP contribution < -0.4 is 0 Å². The monoisotopic (exact) mass is 181 g/mol. The maximum absolute atomic E-state index is 11.2. The summed E-state index contributed by atoms with van der Waals surface area (Å²) in [6, 6.07) is 0. The highest BCUT2D eigenvalue weighted by Crippen LogP contribution is 2.20. The Kier molecular flexibility index (Phi) is 2.21. The van der Waals surface area contributed by atoms with E-state index in [2.05, 4.69) is 4.98 Å². The fraction of sp³-hybridized carbons (Fsp3) is 0.556. The number of ketones is 1. The number of Topliss-reactive ketones (excluding diaryl/α,β-unsaturated/α-hetero) is 1. The SMILES string of the molecule is O=C1CCCc2ncsc2CC1. The normalized spacial score (nSPS) is 18.2. The zero-order valence-corrected chi connectivity index (χ0v) is 7.69. The first-order chi connectivity index (χ1) is 5.86. The fourth-order valence-corrected chi connectivity index (χ4v) is 2.35. The van der Waals surface area contributed by atoms with Crippen LogP contribution in [0, 0.1) is 0 Å². The first kappa shape index (κ1) is 7.92. The minimum atomic E-state index is 0.411. The Morgan fingerprint density at radius 2 is 2.17 bits per heavy atom. The molecule has 0 saturated carbocycles. The molecule has 0 aliphatic heterocycles. The van der Waals surface area contributed by atoms with Crippen molar-refractivity contribution in [2.75, 3.05) is 0 Å². The van der Waals surface area contributed by atoms with Crippen LogP contribution in [0.2, 0.25) is 0 Å². The van der Waals surface area contributed by atoms with Gasteiger partial charge in [0, 0.05) is 17.7 Å². The highest BCUT2D eigenvalue weighted by Gasteiger charge is 2.12. The first-order valence-electron chi connectivity index (χ1n) is 4.29. The van der Waals surface area contributed by atoms with Gasteiger partial charge in [-0.05, 0) is 19.3 Å². The second-order valence-corrected chi connectivity index (χ2v) is 4.05. The quantitative estimate of drug-likeness (QED) is 0.612. The zero-order valence-electron chi connectivity index (χ0n) is 6.88. The minimum absolute atomic E-state index is 0.411. The molecular weight excluding hydrogens is 170 g/mol. The Labute approximate surface area is 75.6 Å². The number of carbonyl (C=O) groups is 1. The van der Waals surface area contributed by atoms with Gasteiger partial charge in [-0.3, -0.25) is 4.79 Å². The van der Waals surface area contributed by atoms with Crippen LogP contribution in [0.1, 0.15) is 29.8 Å². The summed E-state index contributed by atoms with van der Waals surface area (Å²) >= 11 is 1.69. The summed E-state index contributed by atoms with van der Waals surface area (Å²) in [7, 11) is 0. The smallest absolute Gasteiger partial charge is 0.133 e. The van der Waals surface area contributed by atoms with Gasteiger partial charge in [0.2, 0.25) is 0 Å². The van der Waals surface area contributed by atoms with E-state index in [0.29, 0.717) is 5.78 Å². The van der Waals surface area contributed by atoms with E-state index in [-0.39, 0.29) is 0 Å². The molecule has 0 N–H and O–H groups in total. The molecular formula is C9H11NOS. The summed E-state index contributed by atoms with van der Waals surface area (Å²) in [4.78, 5) is 16.8. The van der Waals surface area contributed by atoms with Crippen molar-refractivity contribution in [2.45, 2.75) is 32.1 Å². The largest absolute Gasteiger partial charge is 0.300 e. The van der Waals surface area contributed by atoms with Gasteiger partial charge in [0.05, 0.1) is 11.2 Å². The number of rotatable bonds is 0. The molecule has 0 amide bonds. The van der Waals surface area contributed by atoms with Crippen LogP contribution in [0.4, 0.5) is 0 Å². The van der Waals surface area contributed by atoms with E-state index < -0.39 is 0 Å². The van der Waals surface area contributed by atoms with E-state index in [9.17, 15) is 4.79 Å². The van der Waals surface area contributed by atoms with Crippen LogP contribution in [0.15, 0.2) is 5.51 Å². The van der Waals surface area contributed by atoms with E-state index in [4.69, 9.17) is 0 Å². The van der Waals surface area contributed by atoms with E-state index in [1.165, 1.54) is 10.6 Å². The highest BCUT2D eigenvalue weighted by atomic mass is 32.1. The summed E-state index contributed by atoms with van der Waals surface area (Å²) in [6.45, 7) is 0. The number of carbonyl (C=O) groups excluding carboxylic acids is 1. The predicted molar refractivity (Wildman–Crippen MR) is 48.4 cm³/mol. The van der Waals surface area contributed by atoms with Crippen molar-refractivity contribution in [3.05, 3.63) is 16.1 Å². The molecule has 1 aromatic heterocycles. The molecule has 0 fully saturated rings. The number of hydrogen-bond acceptors (Lipinski definition) is 3. The number of nitrogens with zero attached hydrogens (tertiary/aromatic N) is 1. The molecule has 0 atom stereocenters. The van der Waals surface area contributed by atoms with Gasteiger partial charge in [0.15, 0.2) is 0 Å². The summed E-state index contributed by atoms with van der Waals surface area (Å²) in [6.07, 6.45) is 4.35. The highest BCUT2D eigenvalue weighted by molar-refractivity contribution is 7.09. The summed E-state index contributed by atoms with van der Waals surface area (Å²) < 4.78 is 0. The summed E-state index contributed by atoms with van der Waals surface area (Å²) in [5.74, 6) is 0.411. The van der Waals surface area contributed by atoms with Crippen LogP contribution in [0.5, 0.6) is 0 Å². The standard InChI is InChI=1S/C9H11NOS/c11-7-2-1-3-8-9(5-4-7)12-6-10-8/h6H,1-5H2. The minimum Gasteiger partial charge on any atom is -0.300 e. The molecule has 0 saturated heterocycles. The maximum Gasteiger partial charge on any atom is 0.133 e. The van der Waals surface area contributed by atoms with Crippen molar-refractivity contribution in [1.82, 2.24) is 4.98 Å². The lowest BCUT2D eigenvalue weighted by Crippen LogP contribution is -2.05. The number of aryl methyl sites for hydroxylation is 2. The molecule has 1 heterocycles. The number of thiazole rings is 1. The molecule has 0 spiro atoms. The third-order valence-corrected chi connectivity index (χ3v) is 3.16. The van der Waals surface area contributed by atoms with Crippen molar-refractivity contribution in [1.29, 1.82) is 0 Å². The molecule has 0 radical (unpaired) electrons. The first-order valence-corrected chi connectivity index (χ1v) is 5.17. The molecule has 64 valence electrons. The van der Waals surface area contributed by atoms with Crippen molar-refractivity contribution in [3.8, 4) is 0 Å². The Hall–Kier alpha value is -0.700. The van der Waals surface area contributed by atoms with Gasteiger partial charge in [-0.2, -0.15) is 0 Å². The summed E-state index contributed by atoms with van der Waals surface area (Å²) in [5.41, 5.74) is 3.12. The van der Waals surface area contributed by atoms with Crippen LogP contribution in [0.3, 0.4) is 0 Å². The zero-order chi connectivity index (χ0) is 8.39. The lowest BCUT2D eigenvalue weighted by molar-refractivity contribution is -0.119. The molecule has 1 aliphatic carbocycles. The Bertz CT molecular complexity index is 292. The second-order valence-electron chi connectivity index (χ2n) is 3.11. The van der Waals surface area contributed by atoms with Gasteiger partial charge in [0.25, 0.3) is 0 Å². The number of aromatic nitrogens is 1. The van der Waals surface area contributed by atoms with Crippen LogP contribution >= 0.6 is 11.3 Å². The van der Waals surface area contributed by atoms with E-state index in [1.807, 2.05) is 5.51 Å². The van der Waals surface area contributed by atoms with Crippen LogP contribution in [-0.4, -0.2) is 10.8 Å². The third-order valence-electron chi connectivity index (χ3n) is 2.23. The Balaban J connectivity index is 2.19. The van der Waals surface area contributed by atoms with E-state index in [1.54, 1.807) is 11.3 Å². The lowest BCUT2D eigenvalue weighted by atomic mass is 10.0. The van der Waals surface area contributed by atoms with Crippen LogP contribution in [0.25, 0.3) is 0 Å². The molecule has 12 heavy (non-hydrogen) atoms. The van der Waals surface area contributed by atoms with Crippen molar-refractivity contribution in [2.24, 2.45) is 0 Å². The molecule has 2 nitrogen and oxygen atoms in total. The van der Waals surface area contributed by atoms with Gasteiger partial charge >= 0.3 is 0 Å². The van der Waals surface area contributed by atoms with Crippen molar-refractivity contribution in [3.63, 3.8) is 0 Å². The third kappa shape index (κ3) is 1.55. The topological polar surface area (TPSA) is 30.0 Å². The number of fused-ring (bicyclic) bond motifs is 1. The Morgan fingerprint density at radius 1 is 1.25 bits per heavy atom. The van der Waals surface area contributed by atoms with Gasteiger partial charge < -0.3 is 0 Å². The molecule has 2 rings (SSSR count). The second kappa shape index (κ2) is 3.35. The van der Waals surface area contributed by atoms with E-state index >= 15 is 0 Å². The van der Waals surface area contributed by atoms with Crippen molar-refractivity contribution < 1.29 is 4.79 Å². The Morgan fingerprint density at radius 3 is 3.08 bits per heavy atom. The summed E-state index contributed by atoms with van der Waals surface area (Å²) in [5, 5.41) is 0. The predicted octanol–water partition coefficient (Wildman–Crippen LogP) is 1.98.